The van der Waals surface area contributed by atoms with Crippen molar-refractivity contribution in [3.63, 3.8) is 0 Å². The van der Waals surface area contributed by atoms with Crippen LogP contribution in [0.4, 0.5) is 0 Å². The monoisotopic (exact) mass is 303 g/mol. The lowest BCUT2D eigenvalue weighted by Crippen LogP contribution is -2.13. The van der Waals surface area contributed by atoms with Gasteiger partial charge in [0.2, 0.25) is 0 Å². The molecule has 2 aromatic rings. The number of thioether (sulfide) groups is 1. The first-order valence-corrected chi connectivity index (χ1v) is 8.08. The Balaban J connectivity index is 1.89. The van der Waals surface area contributed by atoms with Crippen LogP contribution in [0.15, 0.2) is 41.7 Å². The van der Waals surface area contributed by atoms with E-state index in [2.05, 4.69) is 16.9 Å². The molecule has 0 aliphatic carbocycles. The molecule has 2 N–H and O–H groups in total. The first kappa shape index (κ1) is 15.8. The minimum atomic E-state index is -0.0423. The van der Waals surface area contributed by atoms with Crippen LogP contribution in [0.1, 0.15) is 30.6 Å². The van der Waals surface area contributed by atoms with Gasteiger partial charge in [0.05, 0.1) is 6.61 Å². The molecule has 0 bridgehead atoms. The summed E-state index contributed by atoms with van der Waals surface area (Å²) in [5.74, 6) is 1.64. The Morgan fingerprint density at radius 2 is 2.00 bits per heavy atom. The molecule has 0 aliphatic heterocycles. The molecule has 1 heterocycles. The van der Waals surface area contributed by atoms with Crippen molar-refractivity contribution < 1.29 is 4.74 Å². The van der Waals surface area contributed by atoms with Gasteiger partial charge in [0.25, 0.3) is 0 Å². The highest BCUT2D eigenvalue weighted by atomic mass is 32.2. The van der Waals surface area contributed by atoms with Crippen molar-refractivity contribution in [2.45, 2.75) is 31.5 Å². The fourth-order valence-electron chi connectivity index (χ4n) is 1.79. The smallest absolute Gasteiger partial charge is 0.187 e. The summed E-state index contributed by atoms with van der Waals surface area (Å²) in [6.07, 6.45) is 2.78. The second kappa shape index (κ2) is 8.00. The summed E-state index contributed by atoms with van der Waals surface area (Å²) in [4.78, 5) is 8.59. The quantitative estimate of drug-likeness (QED) is 0.627. The topological polar surface area (TPSA) is 61.0 Å². The highest BCUT2D eigenvalue weighted by Gasteiger charge is 2.08. The summed E-state index contributed by atoms with van der Waals surface area (Å²) < 4.78 is 5.57. The first-order chi connectivity index (χ1) is 10.2. The van der Waals surface area contributed by atoms with Crippen LogP contribution in [0.25, 0.3) is 0 Å². The molecule has 0 radical (unpaired) electrons. The van der Waals surface area contributed by atoms with Crippen LogP contribution in [-0.2, 0) is 0 Å². The molecule has 21 heavy (non-hydrogen) atoms. The summed E-state index contributed by atoms with van der Waals surface area (Å²) in [6.45, 7) is 4.79. The Bertz CT molecular complexity index is 560. The molecule has 0 saturated heterocycles. The van der Waals surface area contributed by atoms with Gasteiger partial charge in [-0.25, -0.2) is 9.97 Å². The third-order valence-corrected chi connectivity index (χ3v) is 3.93. The van der Waals surface area contributed by atoms with E-state index in [1.807, 2.05) is 37.3 Å². The SMILES string of the molecule is CCCOc1ccc(C(N)CSc2nccc(C)n2)cc1. The zero-order chi connectivity index (χ0) is 15.1. The average molecular weight is 303 g/mol. The van der Waals surface area contributed by atoms with Crippen molar-refractivity contribution in [3.8, 4) is 5.75 Å². The predicted octanol–water partition coefficient (Wildman–Crippen LogP) is 3.37. The second-order valence-electron chi connectivity index (χ2n) is 4.82. The van der Waals surface area contributed by atoms with E-state index in [4.69, 9.17) is 10.5 Å². The minimum Gasteiger partial charge on any atom is -0.494 e. The van der Waals surface area contributed by atoms with Gasteiger partial charge < -0.3 is 10.5 Å². The minimum absolute atomic E-state index is 0.0423. The standard InChI is InChI=1S/C16H21N3OS/c1-3-10-20-14-6-4-13(5-7-14)15(17)11-21-16-18-9-8-12(2)19-16/h4-9,15H,3,10-11,17H2,1-2H3. The van der Waals surface area contributed by atoms with Crippen molar-refractivity contribution in [3.05, 3.63) is 47.8 Å². The van der Waals surface area contributed by atoms with Crippen molar-refractivity contribution in [1.29, 1.82) is 0 Å². The van der Waals surface area contributed by atoms with Crippen molar-refractivity contribution >= 4 is 11.8 Å². The Labute approximate surface area is 130 Å². The molecule has 1 atom stereocenters. The Morgan fingerprint density at radius 1 is 1.24 bits per heavy atom. The lowest BCUT2D eigenvalue weighted by atomic mass is 10.1. The predicted molar refractivity (Wildman–Crippen MR) is 86.6 cm³/mol. The molecule has 0 amide bonds. The number of rotatable bonds is 7. The first-order valence-electron chi connectivity index (χ1n) is 7.10. The molecule has 1 unspecified atom stereocenters. The van der Waals surface area contributed by atoms with E-state index in [9.17, 15) is 0 Å². The van der Waals surface area contributed by atoms with Crippen molar-refractivity contribution in [2.75, 3.05) is 12.4 Å². The highest BCUT2D eigenvalue weighted by molar-refractivity contribution is 7.99. The third kappa shape index (κ3) is 5.02. The van der Waals surface area contributed by atoms with E-state index < -0.39 is 0 Å². The summed E-state index contributed by atoms with van der Waals surface area (Å²) in [5.41, 5.74) is 8.28. The second-order valence-corrected chi connectivity index (χ2v) is 5.80. The summed E-state index contributed by atoms with van der Waals surface area (Å²) in [5, 5.41) is 0.772. The van der Waals surface area contributed by atoms with Crippen LogP contribution >= 0.6 is 11.8 Å². The molecule has 1 aromatic carbocycles. The zero-order valence-electron chi connectivity index (χ0n) is 12.5. The number of nitrogens with two attached hydrogens (primary N) is 1. The molecular formula is C16H21N3OS. The number of benzene rings is 1. The van der Waals surface area contributed by atoms with E-state index in [0.29, 0.717) is 0 Å². The largest absolute Gasteiger partial charge is 0.494 e. The van der Waals surface area contributed by atoms with Gasteiger partial charge in [-0.3, -0.25) is 0 Å². The number of ether oxygens (including phenoxy) is 1. The number of hydrogen-bond acceptors (Lipinski definition) is 5. The molecule has 1 aromatic heterocycles. The highest BCUT2D eigenvalue weighted by Crippen LogP contribution is 2.22. The molecule has 4 nitrogen and oxygen atoms in total. The summed E-state index contributed by atoms with van der Waals surface area (Å²) in [7, 11) is 0. The molecule has 112 valence electrons. The number of nitrogens with zero attached hydrogens (tertiary/aromatic N) is 2. The van der Waals surface area contributed by atoms with Gasteiger partial charge in [0, 0.05) is 23.7 Å². The Hall–Kier alpha value is -1.59. The number of hydrogen-bond donors (Lipinski definition) is 1. The lowest BCUT2D eigenvalue weighted by molar-refractivity contribution is 0.317. The van der Waals surface area contributed by atoms with Gasteiger partial charge >= 0.3 is 0 Å². The normalized spacial score (nSPS) is 12.1. The van der Waals surface area contributed by atoms with Gasteiger partial charge in [-0.2, -0.15) is 0 Å². The zero-order valence-corrected chi connectivity index (χ0v) is 13.3. The van der Waals surface area contributed by atoms with E-state index in [1.165, 1.54) is 0 Å². The van der Waals surface area contributed by atoms with E-state index in [-0.39, 0.29) is 6.04 Å². The van der Waals surface area contributed by atoms with Gasteiger partial charge in [0.15, 0.2) is 5.16 Å². The van der Waals surface area contributed by atoms with E-state index >= 15 is 0 Å². The Kier molecular flexibility index (Phi) is 6.02. The maximum Gasteiger partial charge on any atom is 0.187 e. The average Bonchev–Trinajstić information content (AvgIpc) is 2.51. The van der Waals surface area contributed by atoms with Crippen LogP contribution in [0.5, 0.6) is 5.75 Å². The lowest BCUT2D eigenvalue weighted by Gasteiger charge is -2.12. The fraction of sp³-hybridized carbons (Fsp3) is 0.375. The van der Waals surface area contributed by atoms with Crippen molar-refractivity contribution in [1.82, 2.24) is 9.97 Å². The molecule has 0 saturated carbocycles. The number of aromatic nitrogens is 2. The van der Waals surface area contributed by atoms with Crippen LogP contribution < -0.4 is 10.5 Å². The molecule has 0 fully saturated rings. The van der Waals surface area contributed by atoms with E-state index in [0.717, 1.165) is 40.9 Å². The number of aryl methyl sites for hydroxylation is 1. The summed E-state index contributed by atoms with van der Waals surface area (Å²) >= 11 is 1.58. The molecule has 0 aliphatic rings. The van der Waals surface area contributed by atoms with Crippen LogP contribution in [0.3, 0.4) is 0 Å². The molecule has 2 rings (SSSR count). The Morgan fingerprint density at radius 3 is 2.67 bits per heavy atom. The maximum atomic E-state index is 6.21. The van der Waals surface area contributed by atoms with Crippen LogP contribution in [-0.4, -0.2) is 22.3 Å². The summed E-state index contributed by atoms with van der Waals surface area (Å²) in [6, 6.07) is 9.83. The van der Waals surface area contributed by atoms with Crippen LogP contribution in [0, 0.1) is 6.92 Å². The molecular weight excluding hydrogens is 282 g/mol. The van der Waals surface area contributed by atoms with Gasteiger partial charge in [0.1, 0.15) is 5.75 Å². The molecule has 5 heteroatoms. The van der Waals surface area contributed by atoms with E-state index in [1.54, 1.807) is 18.0 Å². The van der Waals surface area contributed by atoms with Crippen molar-refractivity contribution in [2.24, 2.45) is 5.73 Å². The maximum absolute atomic E-state index is 6.21. The third-order valence-electron chi connectivity index (χ3n) is 2.95. The molecule has 0 spiro atoms. The fourth-order valence-corrected chi connectivity index (χ4v) is 2.65. The van der Waals surface area contributed by atoms with Gasteiger partial charge in [-0.15, -0.1) is 0 Å². The van der Waals surface area contributed by atoms with Gasteiger partial charge in [-0.1, -0.05) is 30.8 Å². The van der Waals surface area contributed by atoms with Crippen LogP contribution in [0.2, 0.25) is 0 Å². The van der Waals surface area contributed by atoms with Gasteiger partial charge in [-0.05, 0) is 37.1 Å².